The minimum atomic E-state index is -0.275. The molecule has 0 aliphatic rings. The van der Waals surface area contributed by atoms with Gasteiger partial charge in [-0.15, -0.1) is 0 Å². The number of nitrogens with one attached hydrogen (secondary N) is 1. The highest BCUT2D eigenvalue weighted by molar-refractivity contribution is 7.16. The van der Waals surface area contributed by atoms with Gasteiger partial charge in [0.15, 0.2) is 11.7 Å². The zero-order chi connectivity index (χ0) is 14.9. The lowest BCUT2D eigenvalue weighted by atomic mass is 10.3. The van der Waals surface area contributed by atoms with E-state index in [1.807, 2.05) is 18.2 Å². The van der Waals surface area contributed by atoms with E-state index in [2.05, 4.69) is 22.1 Å². The Labute approximate surface area is 126 Å². The summed E-state index contributed by atoms with van der Waals surface area (Å²) in [5, 5.41) is 11.8. The van der Waals surface area contributed by atoms with Crippen LogP contribution in [0.3, 0.4) is 0 Å². The Morgan fingerprint density at radius 2 is 2.19 bits per heavy atom. The van der Waals surface area contributed by atoms with Gasteiger partial charge in [-0.25, -0.2) is 4.98 Å². The number of anilines is 1. The highest BCUT2D eigenvalue weighted by atomic mass is 32.1. The summed E-state index contributed by atoms with van der Waals surface area (Å²) in [5.41, 5.74) is 0. The van der Waals surface area contributed by atoms with Crippen LogP contribution >= 0.6 is 11.3 Å². The van der Waals surface area contributed by atoms with E-state index in [9.17, 15) is 4.79 Å². The van der Waals surface area contributed by atoms with Crippen LogP contribution in [0.1, 0.15) is 11.3 Å². The number of aliphatic hydroxyl groups excluding tert-OH is 1. The first-order valence-electron chi connectivity index (χ1n) is 6.31. The predicted molar refractivity (Wildman–Crippen MR) is 81.3 cm³/mol. The summed E-state index contributed by atoms with van der Waals surface area (Å²) in [6.45, 7) is -0.0403. The smallest absolute Gasteiger partial charge is 0.264 e. The van der Waals surface area contributed by atoms with Gasteiger partial charge in [0.2, 0.25) is 0 Å². The van der Waals surface area contributed by atoms with Crippen molar-refractivity contribution in [1.82, 2.24) is 4.98 Å². The van der Waals surface area contributed by atoms with Crippen LogP contribution in [0.15, 0.2) is 36.5 Å². The minimum Gasteiger partial charge on any atom is -0.484 e. The molecule has 0 unspecified atom stereocenters. The molecule has 108 valence electrons. The standard InChI is InChI=1S/C15H14N2O3S/c18-9-5-4-8-13-10-16-15(21-13)17-14(19)11-20-12-6-2-1-3-7-12/h1-3,6-7,10,18H,5,9,11H2,(H,16,17,19). The van der Waals surface area contributed by atoms with Crippen molar-refractivity contribution in [3.63, 3.8) is 0 Å². The SMILES string of the molecule is O=C(COc1ccccc1)Nc1ncc(C#CCCO)s1. The van der Waals surface area contributed by atoms with Crippen molar-refractivity contribution in [2.45, 2.75) is 6.42 Å². The molecule has 0 spiro atoms. The third-order valence-electron chi connectivity index (χ3n) is 2.31. The normalized spacial score (nSPS) is 9.57. The second-order valence-corrected chi connectivity index (χ2v) is 4.99. The van der Waals surface area contributed by atoms with Crippen LogP contribution < -0.4 is 10.1 Å². The molecule has 2 N–H and O–H groups in total. The maximum Gasteiger partial charge on any atom is 0.264 e. The third kappa shape index (κ3) is 5.26. The molecular formula is C15H14N2O3S. The number of carbonyl (C=O) groups is 1. The van der Waals surface area contributed by atoms with Gasteiger partial charge in [-0.1, -0.05) is 41.4 Å². The lowest BCUT2D eigenvalue weighted by Gasteiger charge is -2.04. The van der Waals surface area contributed by atoms with Gasteiger partial charge in [-0.3, -0.25) is 10.1 Å². The monoisotopic (exact) mass is 302 g/mol. The quantitative estimate of drug-likeness (QED) is 0.828. The molecular weight excluding hydrogens is 288 g/mol. The summed E-state index contributed by atoms with van der Waals surface area (Å²) >= 11 is 1.28. The molecule has 0 radical (unpaired) electrons. The van der Waals surface area contributed by atoms with Gasteiger partial charge in [-0.05, 0) is 12.1 Å². The van der Waals surface area contributed by atoms with E-state index in [0.29, 0.717) is 17.3 Å². The average molecular weight is 302 g/mol. The molecule has 2 aromatic rings. The molecule has 0 atom stereocenters. The first-order valence-corrected chi connectivity index (χ1v) is 7.13. The minimum absolute atomic E-state index is 0.0340. The van der Waals surface area contributed by atoms with Crippen molar-refractivity contribution in [3.05, 3.63) is 41.4 Å². The number of aromatic nitrogens is 1. The predicted octanol–water partition coefficient (Wildman–Crippen LogP) is 1.89. The molecule has 0 aliphatic carbocycles. The van der Waals surface area contributed by atoms with E-state index in [4.69, 9.17) is 9.84 Å². The number of thiazole rings is 1. The fraction of sp³-hybridized carbons (Fsp3) is 0.200. The first-order chi connectivity index (χ1) is 10.3. The van der Waals surface area contributed by atoms with E-state index in [1.54, 1.807) is 18.3 Å². The number of amides is 1. The Bertz CT molecular complexity index is 644. The van der Waals surface area contributed by atoms with Crippen molar-refractivity contribution < 1.29 is 14.6 Å². The Balaban J connectivity index is 1.82. The molecule has 2 rings (SSSR count). The third-order valence-corrected chi connectivity index (χ3v) is 3.14. The van der Waals surface area contributed by atoms with Crippen molar-refractivity contribution in [3.8, 4) is 17.6 Å². The molecule has 0 saturated heterocycles. The molecule has 1 heterocycles. The number of hydrogen-bond acceptors (Lipinski definition) is 5. The number of ether oxygens (including phenoxy) is 1. The molecule has 0 bridgehead atoms. The molecule has 0 fully saturated rings. The number of hydrogen-bond donors (Lipinski definition) is 2. The molecule has 21 heavy (non-hydrogen) atoms. The fourth-order valence-electron chi connectivity index (χ4n) is 1.42. The van der Waals surface area contributed by atoms with Crippen LogP contribution in [0.2, 0.25) is 0 Å². The highest BCUT2D eigenvalue weighted by Gasteiger charge is 2.06. The highest BCUT2D eigenvalue weighted by Crippen LogP contribution is 2.17. The van der Waals surface area contributed by atoms with Gasteiger partial charge < -0.3 is 9.84 Å². The summed E-state index contributed by atoms with van der Waals surface area (Å²) in [4.78, 5) is 16.5. The van der Waals surface area contributed by atoms with E-state index < -0.39 is 0 Å². The molecule has 6 heteroatoms. The van der Waals surface area contributed by atoms with Crippen LogP contribution in [0.4, 0.5) is 5.13 Å². The summed E-state index contributed by atoms with van der Waals surface area (Å²) in [7, 11) is 0. The van der Waals surface area contributed by atoms with Crippen LogP contribution in [-0.4, -0.2) is 29.2 Å². The average Bonchev–Trinajstić information content (AvgIpc) is 2.94. The summed E-state index contributed by atoms with van der Waals surface area (Å²) in [5.74, 6) is 6.02. The summed E-state index contributed by atoms with van der Waals surface area (Å²) in [6, 6.07) is 9.12. The maximum atomic E-state index is 11.7. The van der Waals surface area contributed by atoms with E-state index in [0.717, 1.165) is 4.88 Å². The van der Waals surface area contributed by atoms with Gasteiger partial charge in [0.1, 0.15) is 5.75 Å². The molecule has 5 nitrogen and oxygen atoms in total. The van der Waals surface area contributed by atoms with E-state index in [-0.39, 0.29) is 19.1 Å². The summed E-state index contributed by atoms with van der Waals surface area (Å²) in [6.07, 6.45) is 2.01. The Morgan fingerprint density at radius 3 is 2.95 bits per heavy atom. The Kier molecular flexibility index (Phi) is 5.76. The van der Waals surface area contributed by atoms with Crippen LogP contribution in [0, 0.1) is 11.8 Å². The Hall–Kier alpha value is -2.36. The van der Waals surface area contributed by atoms with E-state index in [1.165, 1.54) is 11.3 Å². The van der Waals surface area contributed by atoms with Crippen LogP contribution in [0.5, 0.6) is 5.75 Å². The zero-order valence-corrected chi connectivity index (χ0v) is 12.0. The molecule has 0 aliphatic heterocycles. The van der Waals surface area contributed by atoms with Crippen LogP contribution in [-0.2, 0) is 4.79 Å². The summed E-state index contributed by atoms with van der Waals surface area (Å²) < 4.78 is 5.34. The number of aliphatic hydroxyl groups is 1. The number of carbonyl (C=O) groups excluding carboxylic acids is 1. The molecule has 1 aromatic carbocycles. The molecule has 1 aromatic heterocycles. The lowest BCUT2D eigenvalue weighted by Crippen LogP contribution is -2.19. The largest absolute Gasteiger partial charge is 0.484 e. The maximum absolute atomic E-state index is 11.7. The molecule has 0 saturated carbocycles. The van der Waals surface area contributed by atoms with Gasteiger partial charge in [0.25, 0.3) is 5.91 Å². The second-order valence-electron chi connectivity index (χ2n) is 3.95. The number of nitrogens with zero attached hydrogens (tertiary/aromatic N) is 1. The number of benzene rings is 1. The Morgan fingerprint density at radius 1 is 1.38 bits per heavy atom. The lowest BCUT2D eigenvalue weighted by molar-refractivity contribution is -0.118. The molecule has 1 amide bonds. The number of rotatable bonds is 5. The van der Waals surface area contributed by atoms with Gasteiger partial charge >= 0.3 is 0 Å². The van der Waals surface area contributed by atoms with Crippen LogP contribution in [0.25, 0.3) is 0 Å². The van der Waals surface area contributed by atoms with Crippen molar-refractivity contribution in [1.29, 1.82) is 0 Å². The van der Waals surface area contributed by atoms with E-state index >= 15 is 0 Å². The van der Waals surface area contributed by atoms with Crippen molar-refractivity contribution in [2.24, 2.45) is 0 Å². The van der Waals surface area contributed by atoms with Crippen molar-refractivity contribution >= 4 is 22.4 Å². The fourth-order valence-corrected chi connectivity index (χ4v) is 2.12. The van der Waals surface area contributed by atoms with Gasteiger partial charge in [0, 0.05) is 6.42 Å². The van der Waals surface area contributed by atoms with Gasteiger partial charge in [0.05, 0.1) is 17.7 Å². The number of para-hydroxylation sites is 1. The second kappa shape index (κ2) is 8.04. The first kappa shape index (κ1) is 15.0. The van der Waals surface area contributed by atoms with Crippen molar-refractivity contribution in [2.75, 3.05) is 18.5 Å². The topological polar surface area (TPSA) is 71.5 Å². The van der Waals surface area contributed by atoms with Gasteiger partial charge in [-0.2, -0.15) is 0 Å². The zero-order valence-electron chi connectivity index (χ0n) is 11.2.